The second-order valence-corrected chi connectivity index (χ2v) is 7.81. The smallest absolute Gasteiger partial charge is 0.237 e. The number of ketones is 1. The van der Waals surface area contributed by atoms with Gasteiger partial charge in [0.05, 0.1) is 5.25 Å². The summed E-state index contributed by atoms with van der Waals surface area (Å²) in [6.45, 7) is 3.24. The molecule has 7 nitrogen and oxygen atoms in total. The van der Waals surface area contributed by atoms with E-state index in [1.54, 1.807) is 49.4 Å². The molecule has 0 aliphatic rings. The minimum Gasteiger partial charge on any atom is -0.335 e. The van der Waals surface area contributed by atoms with E-state index in [4.69, 9.17) is 17.4 Å². The van der Waals surface area contributed by atoms with Crippen molar-refractivity contribution in [1.82, 2.24) is 14.9 Å². The van der Waals surface area contributed by atoms with Crippen LogP contribution in [0.4, 0.5) is 5.69 Å². The summed E-state index contributed by atoms with van der Waals surface area (Å²) in [4.78, 5) is 23.8. The second kappa shape index (κ2) is 8.45. The number of halogens is 1. The maximum Gasteiger partial charge on any atom is 0.237 e. The van der Waals surface area contributed by atoms with Crippen LogP contribution in [0.2, 0.25) is 5.02 Å². The lowest BCUT2D eigenvalue weighted by atomic mass is 10.1. The molecule has 2 aromatic carbocycles. The van der Waals surface area contributed by atoms with E-state index in [0.717, 1.165) is 5.56 Å². The standard InChI is InChI=1S/C19H18ClN5O2S/c1-11(26)13-6-8-16(9-7-13)22-18(27)12(2)28-19-24-23-17(25(19)21)14-4-3-5-15(20)10-14/h3-10,12H,21H2,1-2H3,(H,22,27)/t12-/m1/s1. The molecular formula is C19H18ClN5O2S. The van der Waals surface area contributed by atoms with Crippen molar-refractivity contribution in [2.45, 2.75) is 24.3 Å². The van der Waals surface area contributed by atoms with Crippen molar-refractivity contribution in [3.63, 3.8) is 0 Å². The number of amides is 1. The van der Waals surface area contributed by atoms with Crippen LogP contribution < -0.4 is 11.2 Å². The number of rotatable bonds is 6. The number of aromatic nitrogens is 3. The van der Waals surface area contributed by atoms with E-state index in [-0.39, 0.29) is 11.7 Å². The number of hydrogen-bond acceptors (Lipinski definition) is 6. The maximum atomic E-state index is 12.5. The third-order valence-corrected chi connectivity index (χ3v) is 5.25. The average molecular weight is 416 g/mol. The van der Waals surface area contributed by atoms with Crippen molar-refractivity contribution in [3.05, 3.63) is 59.1 Å². The highest BCUT2D eigenvalue weighted by molar-refractivity contribution is 8.00. The summed E-state index contributed by atoms with van der Waals surface area (Å²) in [5.41, 5.74) is 1.93. The molecule has 1 amide bonds. The zero-order valence-electron chi connectivity index (χ0n) is 15.2. The number of carbonyl (C=O) groups is 2. The fourth-order valence-corrected chi connectivity index (χ4v) is 3.39. The van der Waals surface area contributed by atoms with Gasteiger partial charge in [0.2, 0.25) is 11.1 Å². The SMILES string of the molecule is CC(=O)c1ccc(NC(=O)[C@@H](C)Sc2nnc(-c3cccc(Cl)c3)n2N)cc1. The summed E-state index contributed by atoms with van der Waals surface area (Å²) < 4.78 is 1.34. The summed E-state index contributed by atoms with van der Waals surface area (Å²) in [6, 6.07) is 13.8. The molecule has 144 valence electrons. The molecule has 3 N–H and O–H groups in total. The molecule has 1 heterocycles. The van der Waals surface area contributed by atoms with Crippen LogP contribution in [-0.2, 0) is 4.79 Å². The Morgan fingerprint density at radius 2 is 1.89 bits per heavy atom. The minimum absolute atomic E-state index is 0.0282. The molecule has 0 spiro atoms. The number of nitrogens with zero attached hydrogens (tertiary/aromatic N) is 3. The van der Waals surface area contributed by atoms with Crippen molar-refractivity contribution in [2.24, 2.45) is 0 Å². The van der Waals surface area contributed by atoms with Crippen LogP contribution >= 0.6 is 23.4 Å². The summed E-state index contributed by atoms with van der Waals surface area (Å²) in [7, 11) is 0. The summed E-state index contributed by atoms with van der Waals surface area (Å²) in [6.07, 6.45) is 0. The zero-order valence-corrected chi connectivity index (χ0v) is 16.8. The molecule has 9 heteroatoms. The number of carbonyl (C=O) groups excluding carboxylic acids is 2. The summed E-state index contributed by atoms with van der Waals surface area (Å²) in [5.74, 6) is 6.31. The second-order valence-electron chi connectivity index (χ2n) is 6.07. The highest BCUT2D eigenvalue weighted by Gasteiger charge is 2.20. The van der Waals surface area contributed by atoms with Gasteiger partial charge in [-0.05, 0) is 50.2 Å². The molecule has 0 unspecified atom stereocenters. The molecule has 0 saturated carbocycles. The Morgan fingerprint density at radius 1 is 1.18 bits per heavy atom. The average Bonchev–Trinajstić information content (AvgIpc) is 3.02. The molecule has 0 aliphatic carbocycles. The van der Waals surface area contributed by atoms with E-state index in [9.17, 15) is 9.59 Å². The molecule has 3 rings (SSSR count). The first-order valence-corrected chi connectivity index (χ1v) is 9.66. The Balaban J connectivity index is 1.68. The quantitative estimate of drug-likeness (QED) is 0.362. The number of Topliss-reactive ketones (excluding diaryl/α,β-unsaturated/α-hetero) is 1. The fraction of sp³-hybridized carbons (Fsp3) is 0.158. The van der Waals surface area contributed by atoms with Crippen molar-refractivity contribution in [3.8, 4) is 11.4 Å². The Bertz CT molecular complexity index is 1020. The molecule has 0 radical (unpaired) electrons. The Labute approximate surface area is 171 Å². The molecule has 1 atom stereocenters. The van der Waals surface area contributed by atoms with Crippen LogP contribution in [0.3, 0.4) is 0 Å². The van der Waals surface area contributed by atoms with Gasteiger partial charge in [-0.1, -0.05) is 35.5 Å². The molecule has 0 fully saturated rings. The van der Waals surface area contributed by atoms with Gasteiger partial charge in [-0.15, -0.1) is 10.2 Å². The van der Waals surface area contributed by atoms with Crippen molar-refractivity contribution in [2.75, 3.05) is 11.2 Å². The maximum absolute atomic E-state index is 12.5. The first-order valence-electron chi connectivity index (χ1n) is 8.40. The molecular weight excluding hydrogens is 398 g/mol. The van der Waals surface area contributed by atoms with E-state index < -0.39 is 5.25 Å². The highest BCUT2D eigenvalue weighted by Crippen LogP contribution is 2.26. The zero-order chi connectivity index (χ0) is 20.3. The van der Waals surface area contributed by atoms with Gasteiger partial charge in [0.1, 0.15) is 0 Å². The van der Waals surface area contributed by atoms with Gasteiger partial charge >= 0.3 is 0 Å². The lowest BCUT2D eigenvalue weighted by Gasteiger charge is -2.12. The van der Waals surface area contributed by atoms with Gasteiger partial charge in [0.25, 0.3) is 0 Å². The van der Waals surface area contributed by atoms with E-state index in [2.05, 4.69) is 15.5 Å². The van der Waals surface area contributed by atoms with Crippen molar-refractivity contribution in [1.29, 1.82) is 0 Å². The van der Waals surface area contributed by atoms with Crippen LogP contribution in [0.5, 0.6) is 0 Å². The molecule has 1 aromatic heterocycles. The lowest BCUT2D eigenvalue weighted by molar-refractivity contribution is -0.115. The van der Waals surface area contributed by atoms with Crippen LogP contribution in [0.25, 0.3) is 11.4 Å². The number of nitrogen functional groups attached to an aromatic ring is 1. The fourth-order valence-electron chi connectivity index (χ4n) is 2.43. The predicted octanol–water partition coefficient (Wildman–Crippen LogP) is 3.63. The largest absolute Gasteiger partial charge is 0.335 e. The van der Waals surface area contributed by atoms with Crippen LogP contribution in [0, 0.1) is 0 Å². The van der Waals surface area contributed by atoms with E-state index >= 15 is 0 Å². The number of hydrogen-bond donors (Lipinski definition) is 2. The van der Waals surface area contributed by atoms with Crippen molar-refractivity contribution >= 4 is 40.7 Å². The molecule has 0 bridgehead atoms. The van der Waals surface area contributed by atoms with Crippen LogP contribution in [0.15, 0.2) is 53.7 Å². The van der Waals surface area contributed by atoms with E-state index in [1.165, 1.54) is 23.4 Å². The number of anilines is 1. The summed E-state index contributed by atoms with van der Waals surface area (Å²) >= 11 is 7.20. The normalized spacial score (nSPS) is 11.8. The molecule has 3 aromatic rings. The lowest BCUT2D eigenvalue weighted by Crippen LogP contribution is -2.23. The van der Waals surface area contributed by atoms with Crippen LogP contribution in [-0.4, -0.2) is 31.8 Å². The van der Waals surface area contributed by atoms with Gasteiger partial charge < -0.3 is 11.2 Å². The third-order valence-electron chi connectivity index (χ3n) is 3.96. The predicted molar refractivity (Wildman–Crippen MR) is 111 cm³/mol. The number of benzene rings is 2. The highest BCUT2D eigenvalue weighted by atomic mass is 35.5. The topological polar surface area (TPSA) is 103 Å². The Hall–Kier alpha value is -2.84. The molecule has 0 saturated heterocycles. The minimum atomic E-state index is -0.466. The van der Waals surface area contributed by atoms with Crippen molar-refractivity contribution < 1.29 is 9.59 Å². The first kappa shape index (κ1) is 19.9. The number of thioether (sulfide) groups is 1. The first-order chi connectivity index (χ1) is 13.3. The van der Waals surface area contributed by atoms with E-state index in [0.29, 0.717) is 27.3 Å². The Morgan fingerprint density at radius 3 is 2.54 bits per heavy atom. The van der Waals surface area contributed by atoms with Crippen LogP contribution in [0.1, 0.15) is 24.2 Å². The Kier molecular flexibility index (Phi) is 6.01. The third kappa shape index (κ3) is 4.52. The van der Waals surface area contributed by atoms with Gasteiger partial charge in [0, 0.05) is 21.8 Å². The molecule has 0 aliphatic heterocycles. The van der Waals surface area contributed by atoms with Gasteiger partial charge in [-0.2, -0.15) is 0 Å². The molecule has 28 heavy (non-hydrogen) atoms. The van der Waals surface area contributed by atoms with E-state index in [1.807, 2.05) is 6.07 Å². The van der Waals surface area contributed by atoms with Gasteiger partial charge in [0.15, 0.2) is 11.6 Å². The number of nitrogens with two attached hydrogens (primary N) is 1. The van der Waals surface area contributed by atoms with Gasteiger partial charge in [-0.3, -0.25) is 9.59 Å². The number of nitrogens with one attached hydrogen (secondary N) is 1. The van der Waals surface area contributed by atoms with Gasteiger partial charge in [-0.25, -0.2) is 4.68 Å². The monoisotopic (exact) mass is 415 g/mol. The summed E-state index contributed by atoms with van der Waals surface area (Å²) in [5, 5.41) is 11.5.